The Hall–Kier alpha value is -1.92. The van der Waals surface area contributed by atoms with Crippen LogP contribution in [0.4, 0.5) is 5.69 Å². The van der Waals surface area contributed by atoms with Crippen molar-refractivity contribution in [3.63, 3.8) is 0 Å². The average Bonchev–Trinajstić information content (AvgIpc) is 2.94. The Morgan fingerprint density at radius 1 is 1.47 bits per heavy atom. The van der Waals surface area contributed by atoms with Crippen LogP contribution in [0.25, 0.3) is 4.96 Å². The lowest BCUT2D eigenvalue weighted by Crippen LogP contribution is -2.13. The van der Waals surface area contributed by atoms with E-state index in [0.717, 1.165) is 5.56 Å². The first-order valence-electron chi connectivity index (χ1n) is 5.50. The number of fused-ring (bicyclic) bond motifs is 1. The molecule has 0 bridgehead atoms. The van der Waals surface area contributed by atoms with Crippen LogP contribution < -0.4 is 5.32 Å². The normalized spacial score (nSPS) is 10.8. The highest BCUT2D eigenvalue weighted by Gasteiger charge is 2.13. The lowest BCUT2D eigenvalue weighted by Gasteiger charge is -2.07. The molecule has 7 heteroatoms. The minimum atomic E-state index is -0.275. The van der Waals surface area contributed by atoms with E-state index in [2.05, 4.69) is 15.4 Å². The van der Waals surface area contributed by atoms with Crippen LogP contribution in [-0.2, 0) is 0 Å². The second kappa shape index (κ2) is 4.64. The molecule has 0 unspecified atom stereocenters. The van der Waals surface area contributed by atoms with Crippen molar-refractivity contribution in [3.8, 4) is 0 Å². The Morgan fingerprint density at radius 2 is 2.32 bits per heavy atom. The fourth-order valence-corrected chi connectivity index (χ4v) is 2.44. The van der Waals surface area contributed by atoms with Crippen molar-refractivity contribution in [2.45, 2.75) is 6.92 Å². The summed E-state index contributed by atoms with van der Waals surface area (Å²) < 4.78 is 1.57. The molecule has 3 aromatic rings. The summed E-state index contributed by atoms with van der Waals surface area (Å²) in [4.78, 5) is 17.0. The zero-order valence-corrected chi connectivity index (χ0v) is 11.5. The summed E-state index contributed by atoms with van der Waals surface area (Å²) in [5.74, 6) is -0.275. The highest BCUT2D eigenvalue weighted by molar-refractivity contribution is 7.14. The quantitative estimate of drug-likeness (QED) is 0.790. The molecule has 19 heavy (non-hydrogen) atoms. The number of hydrogen-bond donors (Lipinski definition) is 1. The maximum absolute atomic E-state index is 12.1. The SMILES string of the molecule is Cc1ccc(Cl)cc1NC(=O)c1cn2ncsc2n1. The van der Waals surface area contributed by atoms with Crippen LogP contribution in [0.5, 0.6) is 0 Å². The van der Waals surface area contributed by atoms with E-state index < -0.39 is 0 Å². The highest BCUT2D eigenvalue weighted by Crippen LogP contribution is 2.21. The fraction of sp³-hybridized carbons (Fsp3) is 0.0833. The molecule has 0 spiro atoms. The molecule has 0 saturated heterocycles. The van der Waals surface area contributed by atoms with Gasteiger partial charge in [-0.3, -0.25) is 4.79 Å². The lowest BCUT2D eigenvalue weighted by atomic mass is 10.2. The van der Waals surface area contributed by atoms with Gasteiger partial charge in [-0.25, -0.2) is 9.50 Å². The Labute approximate surface area is 117 Å². The van der Waals surface area contributed by atoms with Crippen LogP contribution in [0.1, 0.15) is 16.1 Å². The minimum absolute atomic E-state index is 0.275. The molecule has 1 amide bonds. The number of benzene rings is 1. The Kier molecular flexibility index (Phi) is 2.96. The number of anilines is 1. The number of halogens is 1. The van der Waals surface area contributed by atoms with E-state index in [9.17, 15) is 4.79 Å². The second-order valence-corrected chi connectivity index (χ2v) is 5.25. The van der Waals surface area contributed by atoms with Gasteiger partial charge < -0.3 is 5.32 Å². The molecule has 0 fully saturated rings. The molecule has 5 nitrogen and oxygen atoms in total. The van der Waals surface area contributed by atoms with Crippen LogP contribution in [-0.4, -0.2) is 20.5 Å². The molecular weight excluding hydrogens is 284 g/mol. The number of aryl methyl sites for hydroxylation is 1. The third kappa shape index (κ3) is 2.32. The lowest BCUT2D eigenvalue weighted by molar-refractivity contribution is 0.102. The van der Waals surface area contributed by atoms with E-state index in [-0.39, 0.29) is 5.91 Å². The summed E-state index contributed by atoms with van der Waals surface area (Å²) in [5.41, 5.74) is 3.63. The van der Waals surface area contributed by atoms with E-state index in [4.69, 9.17) is 11.6 Å². The number of aromatic nitrogens is 3. The van der Waals surface area contributed by atoms with Gasteiger partial charge in [0.05, 0.1) is 6.20 Å². The number of imidazole rings is 1. The largest absolute Gasteiger partial charge is 0.320 e. The smallest absolute Gasteiger partial charge is 0.275 e. The van der Waals surface area contributed by atoms with Crippen LogP contribution in [0, 0.1) is 6.92 Å². The predicted octanol–water partition coefficient (Wildman–Crippen LogP) is 3.00. The first kappa shape index (κ1) is 12.1. The molecule has 0 aliphatic heterocycles. The molecule has 1 aromatic carbocycles. The standard InChI is InChI=1S/C12H9ClN4OS/c1-7-2-3-8(13)4-9(7)15-11(18)10-5-17-12(16-10)19-6-14-17/h2-6H,1H3,(H,15,18). The third-order valence-electron chi connectivity index (χ3n) is 2.67. The first-order valence-corrected chi connectivity index (χ1v) is 6.75. The summed E-state index contributed by atoms with van der Waals surface area (Å²) in [7, 11) is 0. The monoisotopic (exact) mass is 292 g/mol. The van der Waals surface area contributed by atoms with Gasteiger partial charge in [-0.05, 0) is 24.6 Å². The molecule has 0 atom stereocenters. The molecule has 1 N–H and O–H groups in total. The summed E-state index contributed by atoms with van der Waals surface area (Å²) in [6.07, 6.45) is 1.60. The molecule has 0 aliphatic rings. The summed E-state index contributed by atoms with van der Waals surface area (Å²) >= 11 is 7.29. The van der Waals surface area contributed by atoms with E-state index in [0.29, 0.717) is 21.4 Å². The van der Waals surface area contributed by atoms with Gasteiger partial charge in [-0.2, -0.15) is 5.10 Å². The zero-order valence-electron chi connectivity index (χ0n) is 9.92. The van der Waals surface area contributed by atoms with Gasteiger partial charge >= 0.3 is 0 Å². The first-order chi connectivity index (χ1) is 9.13. The number of hydrogen-bond acceptors (Lipinski definition) is 4. The number of nitrogens with zero attached hydrogens (tertiary/aromatic N) is 3. The number of nitrogens with one attached hydrogen (secondary N) is 1. The molecule has 2 aromatic heterocycles. The van der Waals surface area contributed by atoms with Crippen molar-refractivity contribution in [3.05, 3.63) is 46.2 Å². The molecule has 96 valence electrons. The van der Waals surface area contributed by atoms with E-state index in [1.165, 1.54) is 11.3 Å². The van der Waals surface area contributed by atoms with E-state index >= 15 is 0 Å². The highest BCUT2D eigenvalue weighted by atomic mass is 35.5. The summed E-state index contributed by atoms with van der Waals surface area (Å²) in [6, 6.07) is 5.35. The van der Waals surface area contributed by atoms with Crippen molar-refractivity contribution < 1.29 is 4.79 Å². The zero-order chi connectivity index (χ0) is 13.4. The molecule has 0 aliphatic carbocycles. The van der Waals surface area contributed by atoms with Crippen LogP contribution in [0.3, 0.4) is 0 Å². The molecule has 3 rings (SSSR count). The number of rotatable bonds is 2. The van der Waals surface area contributed by atoms with Crippen molar-refractivity contribution in [1.82, 2.24) is 14.6 Å². The molecule has 0 radical (unpaired) electrons. The van der Waals surface area contributed by atoms with Gasteiger partial charge in [0.2, 0.25) is 4.96 Å². The van der Waals surface area contributed by atoms with Crippen LogP contribution in [0.2, 0.25) is 5.02 Å². The summed E-state index contributed by atoms with van der Waals surface area (Å²) in [5, 5.41) is 7.40. The van der Waals surface area contributed by atoms with E-state index in [1.54, 1.807) is 28.4 Å². The maximum Gasteiger partial charge on any atom is 0.275 e. The van der Waals surface area contributed by atoms with Gasteiger partial charge in [0.1, 0.15) is 11.2 Å². The number of carbonyl (C=O) groups is 1. The predicted molar refractivity (Wildman–Crippen MR) is 75.0 cm³/mol. The van der Waals surface area contributed by atoms with Crippen molar-refractivity contribution in [2.24, 2.45) is 0 Å². The fourth-order valence-electron chi connectivity index (χ4n) is 1.66. The molecule has 0 saturated carbocycles. The Morgan fingerprint density at radius 3 is 3.11 bits per heavy atom. The summed E-state index contributed by atoms with van der Waals surface area (Å²) in [6.45, 7) is 1.90. The molecule has 2 heterocycles. The van der Waals surface area contributed by atoms with Gasteiger partial charge in [0.25, 0.3) is 5.91 Å². The van der Waals surface area contributed by atoms with Crippen molar-refractivity contribution >= 4 is 39.5 Å². The van der Waals surface area contributed by atoms with Gasteiger partial charge in [0, 0.05) is 10.7 Å². The van der Waals surface area contributed by atoms with Gasteiger partial charge in [-0.1, -0.05) is 29.0 Å². The number of amides is 1. The van der Waals surface area contributed by atoms with Crippen molar-refractivity contribution in [2.75, 3.05) is 5.32 Å². The Bertz CT molecular complexity index is 736. The van der Waals surface area contributed by atoms with Gasteiger partial charge in [0.15, 0.2) is 0 Å². The average molecular weight is 293 g/mol. The van der Waals surface area contributed by atoms with E-state index in [1.807, 2.05) is 13.0 Å². The maximum atomic E-state index is 12.1. The molecular formula is C12H9ClN4OS. The van der Waals surface area contributed by atoms with Crippen molar-refractivity contribution in [1.29, 1.82) is 0 Å². The third-order valence-corrected chi connectivity index (χ3v) is 3.59. The van der Waals surface area contributed by atoms with Gasteiger partial charge in [-0.15, -0.1) is 0 Å². The Balaban J connectivity index is 1.88. The second-order valence-electron chi connectivity index (χ2n) is 4.01. The number of carbonyl (C=O) groups excluding carboxylic acids is 1. The minimum Gasteiger partial charge on any atom is -0.320 e. The van der Waals surface area contributed by atoms with Crippen LogP contribution in [0.15, 0.2) is 29.9 Å². The van der Waals surface area contributed by atoms with Crippen LogP contribution >= 0.6 is 22.9 Å². The topological polar surface area (TPSA) is 59.3 Å².